The maximum atomic E-state index is 5.87. The lowest BCUT2D eigenvalue weighted by molar-refractivity contribution is 1.27. The maximum Gasteiger partial charge on any atom is 0.129 e. The van der Waals surface area contributed by atoms with Crippen molar-refractivity contribution in [2.45, 2.75) is 0 Å². The van der Waals surface area contributed by atoms with Gasteiger partial charge in [0.2, 0.25) is 0 Å². The zero-order valence-electron chi connectivity index (χ0n) is 7.74. The average Bonchev–Trinajstić information content (AvgIpc) is 2.65. The van der Waals surface area contributed by atoms with Crippen molar-refractivity contribution in [1.82, 2.24) is 9.97 Å². The molecule has 0 radical (unpaired) electrons. The summed E-state index contributed by atoms with van der Waals surface area (Å²) in [7, 11) is 0. The first-order chi connectivity index (χ1) is 7.24. The minimum Gasteiger partial charge on any atom is -0.345 e. The Bertz CT molecular complexity index is 455. The molecule has 0 aliphatic heterocycles. The van der Waals surface area contributed by atoms with Crippen molar-refractivity contribution < 1.29 is 0 Å². The van der Waals surface area contributed by atoms with Gasteiger partial charge in [-0.2, -0.15) is 0 Å². The van der Waals surface area contributed by atoms with Crippen LogP contribution in [0.2, 0.25) is 10.0 Å². The zero-order chi connectivity index (χ0) is 10.7. The quantitative estimate of drug-likeness (QED) is 0.846. The van der Waals surface area contributed by atoms with E-state index in [0.717, 1.165) is 11.4 Å². The van der Waals surface area contributed by atoms with E-state index in [1.54, 1.807) is 18.5 Å². The summed E-state index contributed by atoms with van der Waals surface area (Å²) in [6.07, 6.45) is 7.23. The Balaban J connectivity index is 2.24. The second-order valence-electron chi connectivity index (χ2n) is 3.01. The molecule has 0 aliphatic rings. The number of benzene rings is 1. The molecule has 0 atom stereocenters. The van der Waals surface area contributed by atoms with Crippen LogP contribution in [0.1, 0.15) is 11.4 Å². The zero-order valence-corrected chi connectivity index (χ0v) is 9.26. The summed E-state index contributed by atoms with van der Waals surface area (Å²) in [5.41, 5.74) is 0.948. The van der Waals surface area contributed by atoms with Gasteiger partial charge in [-0.15, -0.1) is 0 Å². The van der Waals surface area contributed by atoms with Gasteiger partial charge >= 0.3 is 0 Å². The van der Waals surface area contributed by atoms with E-state index >= 15 is 0 Å². The normalized spacial score (nSPS) is 11.1. The summed E-state index contributed by atoms with van der Waals surface area (Å²) in [6, 6.07) is 5.38. The molecule has 1 N–H and O–H groups in total. The van der Waals surface area contributed by atoms with Crippen molar-refractivity contribution in [3.63, 3.8) is 0 Å². The van der Waals surface area contributed by atoms with Crippen molar-refractivity contribution in [2.75, 3.05) is 0 Å². The van der Waals surface area contributed by atoms with Gasteiger partial charge in [-0.3, -0.25) is 0 Å². The minimum atomic E-state index is 0.626. The Labute approximate surface area is 97.6 Å². The molecule has 0 amide bonds. The number of hydrogen-bond acceptors (Lipinski definition) is 1. The summed E-state index contributed by atoms with van der Waals surface area (Å²) < 4.78 is 0. The van der Waals surface area contributed by atoms with Crippen LogP contribution in [-0.2, 0) is 0 Å². The first-order valence-corrected chi connectivity index (χ1v) is 5.13. The van der Waals surface area contributed by atoms with Crippen LogP contribution in [0.5, 0.6) is 0 Å². The fourth-order valence-corrected chi connectivity index (χ4v) is 1.76. The topological polar surface area (TPSA) is 28.7 Å². The van der Waals surface area contributed by atoms with Crippen molar-refractivity contribution in [3.8, 4) is 0 Å². The van der Waals surface area contributed by atoms with Crippen LogP contribution in [-0.4, -0.2) is 9.97 Å². The Morgan fingerprint density at radius 3 is 2.40 bits per heavy atom. The maximum absolute atomic E-state index is 5.87. The fraction of sp³-hybridized carbons (Fsp3) is 0. The second-order valence-corrected chi connectivity index (χ2v) is 3.88. The van der Waals surface area contributed by atoms with Crippen LogP contribution in [0.3, 0.4) is 0 Å². The number of hydrogen-bond donors (Lipinski definition) is 1. The van der Waals surface area contributed by atoms with Crippen LogP contribution < -0.4 is 0 Å². The lowest BCUT2D eigenvalue weighted by Gasteiger charge is -1.96. The van der Waals surface area contributed by atoms with E-state index in [1.807, 2.05) is 24.3 Å². The molecule has 0 bridgehead atoms. The van der Waals surface area contributed by atoms with Crippen LogP contribution in [0.25, 0.3) is 12.2 Å². The van der Waals surface area contributed by atoms with Crippen LogP contribution in [0.15, 0.2) is 30.6 Å². The number of nitrogens with one attached hydrogen (secondary N) is 1. The highest BCUT2D eigenvalue weighted by Crippen LogP contribution is 2.20. The Morgan fingerprint density at radius 2 is 1.80 bits per heavy atom. The first kappa shape index (κ1) is 10.3. The molecule has 0 saturated heterocycles. The van der Waals surface area contributed by atoms with E-state index in [2.05, 4.69) is 9.97 Å². The molecule has 0 aliphatic carbocycles. The average molecular weight is 239 g/mol. The van der Waals surface area contributed by atoms with Gasteiger partial charge in [0.25, 0.3) is 0 Å². The fourth-order valence-electron chi connectivity index (χ4n) is 1.22. The SMILES string of the molecule is Clc1cc(Cl)cc(C=Cc2ncc[nH]2)c1. The van der Waals surface area contributed by atoms with Crippen LogP contribution >= 0.6 is 23.2 Å². The third-order valence-electron chi connectivity index (χ3n) is 1.84. The molecule has 0 fully saturated rings. The van der Waals surface area contributed by atoms with Crippen molar-refractivity contribution in [2.24, 2.45) is 0 Å². The highest BCUT2D eigenvalue weighted by Gasteiger charge is 1.95. The predicted molar refractivity (Wildman–Crippen MR) is 64.0 cm³/mol. The number of nitrogens with zero attached hydrogens (tertiary/aromatic N) is 1. The second kappa shape index (κ2) is 4.51. The highest BCUT2D eigenvalue weighted by molar-refractivity contribution is 6.34. The molecule has 2 rings (SSSR count). The largest absolute Gasteiger partial charge is 0.345 e. The molecular weight excluding hydrogens is 231 g/mol. The number of rotatable bonds is 2. The van der Waals surface area contributed by atoms with Gasteiger partial charge in [0.15, 0.2) is 0 Å². The third kappa shape index (κ3) is 2.85. The number of aromatic amines is 1. The molecule has 4 heteroatoms. The number of imidazole rings is 1. The summed E-state index contributed by atoms with van der Waals surface area (Å²) in [5.74, 6) is 0.797. The number of aromatic nitrogens is 2. The van der Waals surface area contributed by atoms with Gasteiger partial charge in [-0.05, 0) is 29.8 Å². The van der Waals surface area contributed by atoms with E-state index in [0.29, 0.717) is 10.0 Å². The van der Waals surface area contributed by atoms with Crippen LogP contribution in [0, 0.1) is 0 Å². The summed E-state index contributed by atoms with van der Waals surface area (Å²) in [6.45, 7) is 0. The molecule has 76 valence electrons. The summed E-state index contributed by atoms with van der Waals surface area (Å²) >= 11 is 11.7. The number of halogens is 2. The molecular formula is C11H8Cl2N2. The molecule has 0 unspecified atom stereocenters. The van der Waals surface area contributed by atoms with Gasteiger partial charge in [0, 0.05) is 22.4 Å². The van der Waals surface area contributed by atoms with Gasteiger partial charge in [-0.25, -0.2) is 4.98 Å². The number of H-pyrrole nitrogens is 1. The predicted octanol–water partition coefficient (Wildman–Crippen LogP) is 3.89. The van der Waals surface area contributed by atoms with Gasteiger partial charge in [0.05, 0.1) is 0 Å². The molecule has 15 heavy (non-hydrogen) atoms. The smallest absolute Gasteiger partial charge is 0.129 e. The molecule has 2 nitrogen and oxygen atoms in total. The standard InChI is InChI=1S/C11H8Cl2N2/c12-9-5-8(6-10(13)7-9)1-2-11-14-3-4-15-11/h1-7H,(H,14,15). The van der Waals surface area contributed by atoms with Crippen LogP contribution in [0.4, 0.5) is 0 Å². The Hall–Kier alpha value is -1.25. The molecule has 1 heterocycles. The molecule has 1 aromatic heterocycles. The van der Waals surface area contributed by atoms with E-state index < -0.39 is 0 Å². The van der Waals surface area contributed by atoms with Crippen molar-refractivity contribution in [1.29, 1.82) is 0 Å². The highest BCUT2D eigenvalue weighted by atomic mass is 35.5. The van der Waals surface area contributed by atoms with E-state index in [4.69, 9.17) is 23.2 Å². The van der Waals surface area contributed by atoms with Gasteiger partial charge in [-0.1, -0.05) is 29.3 Å². The van der Waals surface area contributed by atoms with E-state index in [-0.39, 0.29) is 0 Å². The van der Waals surface area contributed by atoms with Crippen molar-refractivity contribution in [3.05, 3.63) is 52.0 Å². The lowest BCUT2D eigenvalue weighted by Crippen LogP contribution is -1.76. The molecule has 0 spiro atoms. The first-order valence-electron chi connectivity index (χ1n) is 4.37. The lowest BCUT2D eigenvalue weighted by atomic mass is 10.2. The van der Waals surface area contributed by atoms with Gasteiger partial charge in [0.1, 0.15) is 5.82 Å². The molecule has 0 saturated carbocycles. The van der Waals surface area contributed by atoms with Crippen molar-refractivity contribution >= 4 is 35.4 Å². The molecule has 2 aromatic rings. The van der Waals surface area contributed by atoms with Gasteiger partial charge < -0.3 is 4.98 Å². The minimum absolute atomic E-state index is 0.626. The monoisotopic (exact) mass is 238 g/mol. The van der Waals surface area contributed by atoms with E-state index in [1.165, 1.54) is 0 Å². The van der Waals surface area contributed by atoms with E-state index in [9.17, 15) is 0 Å². The summed E-state index contributed by atoms with van der Waals surface area (Å²) in [4.78, 5) is 7.04. The molecule has 1 aromatic carbocycles. The third-order valence-corrected chi connectivity index (χ3v) is 2.27. The Kier molecular flexibility index (Phi) is 3.09. The summed E-state index contributed by atoms with van der Waals surface area (Å²) in [5, 5.41) is 1.25. The Morgan fingerprint density at radius 1 is 1.07 bits per heavy atom.